The summed E-state index contributed by atoms with van der Waals surface area (Å²) in [7, 11) is 1.88. The molecule has 0 fully saturated rings. The van der Waals surface area contributed by atoms with E-state index in [1.54, 1.807) is 12.3 Å². The van der Waals surface area contributed by atoms with Gasteiger partial charge in [-0.05, 0) is 12.1 Å². The largest absolute Gasteiger partial charge is 0.362 e. The van der Waals surface area contributed by atoms with Gasteiger partial charge in [-0.15, -0.1) is 6.42 Å². The third-order valence-corrected chi connectivity index (χ3v) is 1.63. The zero-order chi connectivity index (χ0) is 9.68. The lowest BCUT2D eigenvalue weighted by Crippen LogP contribution is -2.16. The van der Waals surface area contributed by atoms with Crippen LogP contribution in [0.15, 0.2) is 18.3 Å². The first-order valence-corrected chi connectivity index (χ1v) is 3.78. The molecule has 13 heavy (non-hydrogen) atoms. The van der Waals surface area contributed by atoms with Gasteiger partial charge in [0.1, 0.15) is 11.8 Å². The van der Waals surface area contributed by atoms with Crippen LogP contribution >= 0.6 is 0 Å². The summed E-state index contributed by atoms with van der Waals surface area (Å²) in [5, 5.41) is 8.51. The lowest BCUT2D eigenvalue weighted by molar-refractivity contribution is 1.04. The molecule has 1 heterocycles. The van der Waals surface area contributed by atoms with Crippen molar-refractivity contribution in [2.45, 2.75) is 0 Å². The van der Waals surface area contributed by atoms with Crippen LogP contribution in [0.2, 0.25) is 0 Å². The van der Waals surface area contributed by atoms with Crippen LogP contribution in [-0.4, -0.2) is 18.6 Å². The van der Waals surface area contributed by atoms with Crippen LogP contribution in [0.4, 0.5) is 5.69 Å². The molecule has 0 aliphatic rings. The summed E-state index contributed by atoms with van der Waals surface area (Å²) >= 11 is 0. The first kappa shape index (κ1) is 9.09. The fraction of sp³-hybridized carbons (Fsp3) is 0.200. The van der Waals surface area contributed by atoms with Crippen molar-refractivity contribution in [3.05, 3.63) is 24.0 Å². The average Bonchev–Trinajstić information content (AvgIpc) is 2.18. The van der Waals surface area contributed by atoms with Crippen LogP contribution < -0.4 is 4.90 Å². The number of anilines is 1. The molecule has 0 saturated carbocycles. The molecule has 0 unspecified atom stereocenters. The van der Waals surface area contributed by atoms with E-state index in [9.17, 15) is 0 Å². The van der Waals surface area contributed by atoms with Crippen molar-refractivity contribution in [1.29, 1.82) is 5.26 Å². The Bertz CT molecular complexity index is 353. The van der Waals surface area contributed by atoms with Crippen LogP contribution in [0.1, 0.15) is 5.69 Å². The predicted octanol–water partition coefficient (Wildman–Crippen LogP) is 1.02. The minimum atomic E-state index is 0.415. The van der Waals surface area contributed by atoms with E-state index in [2.05, 4.69) is 10.9 Å². The monoisotopic (exact) mass is 171 g/mol. The van der Waals surface area contributed by atoms with Gasteiger partial charge in [0.15, 0.2) is 0 Å². The molecule has 3 nitrogen and oxygen atoms in total. The van der Waals surface area contributed by atoms with Gasteiger partial charge in [-0.2, -0.15) is 5.26 Å². The number of pyridine rings is 1. The molecule has 0 N–H and O–H groups in total. The fourth-order valence-corrected chi connectivity index (χ4v) is 0.906. The van der Waals surface area contributed by atoms with Crippen molar-refractivity contribution < 1.29 is 0 Å². The Morgan fingerprint density at radius 3 is 2.85 bits per heavy atom. The normalized spacial score (nSPS) is 8.54. The molecular weight excluding hydrogens is 162 g/mol. The van der Waals surface area contributed by atoms with E-state index in [0.717, 1.165) is 5.69 Å². The van der Waals surface area contributed by atoms with Crippen molar-refractivity contribution in [1.82, 2.24) is 4.98 Å². The van der Waals surface area contributed by atoms with Gasteiger partial charge in [0.25, 0.3) is 0 Å². The highest BCUT2D eigenvalue weighted by molar-refractivity contribution is 5.45. The summed E-state index contributed by atoms with van der Waals surface area (Å²) in [5.74, 6) is 2.53. The van der Waals surface area contributed by atoms with Crippen LogP contribution in [0.5, 0.6) is 0 Å². The van der Waals surface area contributed by atoms with Crippen molar-refractivity contribution in [3.8, 4) is 18.4 Å². The topological polar surface area (TPSA) is 39.9 Å². The Kier molecular flexibility index (Phi) is 2.89. The summed E-state index contributed by atoms with van der Waals surface area (Å²) in [6.45, 7) is 0.535. The van der Waals surface area contributed by atoms with Crippen LogP contribution in [0, 0.1) is 23.7 Å². The van der Waals surface area contributed by atoms with Crippen molar-refractivity contribution in [2.75, 3.05) is 18.5 Å². The first-order valence-electron chi connectivity index (χ1n) is 3.78. The highest BCUT2D eigenvalue weighted by Gasteiger charge is 1.98. The van der Waals surface area contributed by atoms with Gasteiger partial charge < -0.3 is 4.90 Å². The van der Waals surface area contributed by atoms with Crippen LogP contribution in [-0.2, 0) is 0 Å². The Hall–Kier alpha value is -2.00. The standard InChI is InChI=1S/C10H9N3/c1-3-6-13(2)10-5-4-9(7-11)12-8-10/h1,4-5,8H,6H2,2H3. The molecule has 0 atom stereocenters. The second kappa shape index (κ2) is 4.13. The molecule has 0 spiro atoms. The minimum absolute atomic E-state index is 0.415. The van der Waals surface area contributed by atoms with Gasteiger partial charge in [0, 0.05) is 7.05 Å². The maximum atomic E-state index is 8.51. The average molecular weight is 171 g/mol. The number of nitrogens with zero attached hydrogens (tertiary/aromatic N) is 3. The summed E-state index contributed by atoms with van der Waals surface area (Å²) in [5.41, 5.74) is 1.33. The van der Waals surface area contributed by atoms with Crippen LogP contribution in [0.3, 0.4) is 0 Å². The molecule has 64 valence electrons. The number of nitriles is 1. The zero-order valence-corrected chi connectivity index (χ0v) is 7.36. The van der Waals surface area contributed by atoms with Crippen molar-refractivity contribution >= 4 is 5.69 Å². The maximum absolute atomic E-state index is 8.51. The number of terminal acetylenes is 1. The highest BCUT2D eigenvalue weighted by Crippen LogP contribution is 2.09. The van der Waals surface area contributed by atoms with Gasteiger partial charge in [-0.1, -0.05) is 5.92 Å². The van der Waals surface area contributed by atoms with Crippen molar-refractivity contribution in [3.63, 3.8) is 0 Å². The predicted molar refractivity (Wildman–Crippen MR) is 51.1 cm³/mol. The molecule has 0 bridgehead atoms. The third kappa shape index (κ3) is 2.21. The molecule has 0 aliphatic heterocycles. The molecule has 0 amide bonds. The van der Waals surface area contributed by atoms with Crippen LogP contribution in [0.25, 0.3) is 0 Å². The van der Waals surface area contributed by atoms with Gasteiger partial charge in [0.2, 0.25) is 0 Å². The number of hydrogen-bond donors (Lipinski definition) is 0. The van der Waals surface area contributed by atoms with E-state index in [4.69, 9.17) is 11.7 Å². The number of aromatic nitrogens is 1. The zero-order valence-electron chi connectivity index (χ0n) is 7.36. The van der Waals surface area contributed by atoms with E-state index < -0.39 is 0 Å². The third-order valence-electron chi connectivity index (χ3n) is 1.63. The Morgan fingerprint density at radius 1 is 1.62 bits per heavy atom. The molecular formula is C10H9N3. The number of hydrogen-bond acceptors (Lipinski definition) is 3. The molecule has 0 aliphatic carbocycles. The number of rotatable bonds is 2. The van der Waals surface area contributed by atoms with Gasteiger partial charge in [0.05, 0.1) is 18.4 Å². The molecule has 0 saturated heterocycles. The Labute approximate surface area is 77.6 Å². The second-order valence-corrected chi connectivity index (χ2v) is 2.57. The molecule has 1 aromatic rings. The minimum Gasteiger partial charge on any atom is -0.362 e. The first-order chi connectivity index (χ1) is 6.27. The molecule has 1 aromatic heterocycles. The molecule has 1 rings (SSSR count). The van der Waals surface area contributed by atoms with Gasteiger partial charge in [-0.3, -0.25) is 0 Å². The molecule has 0 aromatic carbocycles. The quantitative estimate of drug-likeness (QED) is 0.624. The Balaban J connectivity index is 2.82. The molecule has 3 heteroatoms. The van der Waals surface area contributed by atoms with E-state index in [1.807, 2.05) is 24.1 Å². The summed E-state index contributed by atoms with van der Waals surface area (Å²) in [6, 6.07) is 5.45. The van der Waals surface area contributed by atoms with Gasteiger partial charge >= 0.3 is 0 Å². The van der Waals surface area contributed by atoms with E-state index in [0.29, 0.717) is 12.2 Å². The Morgan fingerprint density at radius 2 is 2.38 bits per heavy atom. The van der Waals surface area contributed by atoms with E-state index >= 15 is 0 Å². The lowest BCUT2D eigenvalue weighted by atomic mass is 10.3. The van der Waals surface area contributed by atoms with Gasteiger partial charge in [-0.25, -0.2) is 4.98 Å². The smallest absolute Gasteiger partial charge is 0.140 e. The second-order valence-electron chi connectivity index (χ2n) is 2.57. The van der Waals surface area contributed by atoms with Crippen molar-refractivity contribution in [2.24, 2.45) is 0 Å². The fourth-order valence-electron chi connectivity index (χ4n) is 0.906. The molecule has 0 radical (unpaired) electrons. The summed E-state index contributed by atoms with van der Waals surface area (Å²) < 4.78 is 0. The SMILES string of the molecule is C#CCN(C)c1ccc(C#N)nc1. The highest BCUT2D eigenvalue weighted by atomic mass is 15.1. The van der Waals surface area contributed by atoms with E-state index in [1.165, 1.54) is 0 Å². The summed E-state index contributed by atoms with van der Waals surface area (Å²) in [4.78, 5) is 5.81. The lowest BCUT2D eigenvalue weighted by Gasteiger charge is -2.14. The maximum Gasteiger partial charge on any atom is 0.140 e. The summed E-state index contributed by atoms with van der Waals surface area (Å²) in [6.07, 6.45) is 6.79. The van der Waals surface area contributed by atoms with E-state index in [-0.39, 0.29) is 0 Å².